The molecule has 0 radical (unpaired) electrons. The highest BCUT2D eigenvalue weighted by Crippen LogP contribution is 2.24. The van der Waals surface area contributed by atoms with Gasteiger partial charge in [0.2, 0.25) is 0 Å². The zero-order valence-electron chi connectivity index (χ0n) is 8.56. The second-order valence-electron chi connectivity index (χ2n) is 3.54. The van der Waals surface area contributed by atoms with Gasteiger partial charge < -0.3 is 10.1 Å². The Hall–Kier alpha value is -0.570. The molecule has 1 rings (SSSR count). The van der Waals surface area contributed by atoms with Crippen LogP contribution in [0.4, 0.5) is 0 Å². The van der Waals surface area contributed by atoms with Crippen LogP contribution in [0.25, 0.3) is 0 Å². The van der Waals surface area contributed by atoms with Gasteiger partial charge in [0.05, 0.1) is 6.61 Å². The fourth-order valence-corrected chi connectivity index (χ4v) is 1.86. The third kappa shape index (κ3) is 2.21. The molecule has 1 aliphatic rings. The van der Waals surface area contributed by atoms with E-state index in [1.165, 1.54) is 6.42 Å². The van der Waals surface area contributed by atoms with Crippen molar-refractivity contribution >= 4 is 5.97 Å². The molecule has 0 spiro atoms. The first-order valence-corrected chi connectivity index (χ1v) is 5.17. The van der Waals surface area contributed by atoms with Gasteiger partial charge in [-0.1, -0.05) is 6.92 Å². The molecule has 76 valence electrons. The summed E-state index contributed by atoms with van der Waals surface area (Å²) < 4.78 is 5.07. The van der Waals surface area contributed by atoms with Crippen LogP contribution in [0.1, 0.15) is 39.5 Å². The van der Waals surface area contributed by atoms with Crippen LogP contribution in [-0.4, -0.2) is 24.7 Å². The lowest BCUT2D eigenvalue weighted by Crippen LogP contribution is -2.55. The average Bonchev–Trinajstić information content (AvgIpc) is 2.19. The first kappa shape index (κ1) is 10.5. The Balaban J connectivity index is 2.61. The molecule has 0 aromatic heterocycles. The number of nitrogens with one attached hydrogen (secondary N) is 1. The maximum Gasteiger partial charge on any atom is 0.326 e. The van der Waals surface area contributed by atoms with Crippen molar-refractivity contribution in [1.29, 1.82) is 0 Å². The highest BCUT2D eigenvalue weighted by Gasteiger charge is 2.38. The van der Waals surface area contributed by atoms with E-state index in [0.29, 0.717) is 6.61 Å². The fraction of sp³-hybridized carbons (Fsp3) is 0.900. The number of hydrogen-bond acceptors (Lipinski definition) is 3. The van der Waals surface area contributed by atoms with Crippen LogP contribution in [0.5, 0.6) is 0 Å². The van der Waals surface area contributed by atoms with E-state index < -0.39 is 0 Å². The van der Waals surface area contributed by atoms with Crippen LogP contribution < -0.4 is 5.32 Å². The third-order valence-corrected chi connectivity index (χ3v) is 2.76. The second-order valence-corrected chi connectivity index (χ2v) is 3.54. The molecular weight excluding hydrogens is 166 g/mol. The Morgan fingerprint density at radius 2 is 2.23 bits per heavy atom. The molecule has 1 fully saturated rings. The molecular formula is C10H19NO2. The Labute approximate surface area is 79.8 Å². The van der Waals surface area contributed by atoms with Gasteiger partial charge in [-0.15, -0.1) is 0 Å². The molecule has 3 heteroatoms. The molecule has 0 aromatic rings. The van der Waals surface area contributed by atoms with Gasteiger partial charge in [0.15, 0.2) is 0 Å². The van der Waals surface area contributed by atoms with Crippen molar-refractivity contribution in [3.8, 4) is 0 Å². The zero-order chi connectivity index (χ0) is 9.73. The largest absolute Gasteiger partial charge is 0.465 e. The van der Waals surface area contributed by atoms with Crippen LogP contribution in [0.2, 0.25) is 0 Å². The highest BCUT2D eigenvalue weighted by atomic mass is 16.5. The Morgan fingerprint density at radius 3 is 2.69 bits per heavy atom. The molecule has 1 unspecified atom stereocenters. The van der Waals surface area contributed by atoms with Gasteiger partial charge in [-0.05, 0) is 39.2 Å². The number of piperidine rings is 1. The molecule has 13 heavy (non-hydrogen) atoms. The number of ether oxygens (including phenoxy) is 1. The van der Waals surface area contributed by atoms with E-state index in [1.54, 1.807) is 0 Å². The molecule has 1 heterocycles. The first-order valence-electron chi connectivity index (χ1n) is 5.17. The van der Waals surface area contributed by atoms with Gasteiger partial charge in [-0.25, -0.2) is 0 Å². The summed E-state index contributed by atoms with van der Waals surface area (Å²) in [5, 5.41) is 3.29. The SMILES string of the molecule is CCOC(=O)C1(CC)CCCCN1. The summed E-state index contributed by atoms with van der Waals surface area (Å²) in [6.45, 7) is 5.30. The van der Waals surface area contributed by atoms with Crippen LogP contribution in [0, 0.1) is 0 Å². The molecule has 0 aromatic carbocycles. The van der Waals surface area contributed by atoms with E-state index in [1.807, 2.05) is 13.8 Å². The lowest BCUT2D eigenvalue weighted by Gasteiger charge is -2.35. The maximum atomic E-state index is 11.7. The van der Waals surface area contributed by atoms with E-state index in [4.69, 9.17) is 4.74 Å². The van der Waals surface area contributed by atoms with Crippen molar-refractivity contribution in [2.45, 2.75) is 45.1 Å². The summed E-state index contributed by atoms with van der Waals surface area (Å²) in [5.41, 5.74) is -0.381. The van der Waals surface area contributed by atoms with Crippen LogP contribution in [0.15, 0.2) is 0 Å². The Morgan fingerprint density at radius 1 is 1.46 bits per heavy atom. The molecule has 1 saturated heterocycles. The van der Waals surface area contributed by atoms with Gasteiger partial charge in [0.25, 0.3) is 0 Å². The number of hydrogen-bond donors (Lipinski definition) is 1. The van der Waals surface area contributed by atoms with Gasteiger partial charge in [-0.2, -0.15) is 0 Å². The van der Waals surface area contributed by atoms with Crippen molar-refractivity contribution < 1.29 is 9.53 Å². The van der Waals surface area contributed by atoms with E-state index in [-0.39, 0.29) is 11.5 Å². The molecule has 0 saturated carbocycles. The summed E-state index contributed by atoms with van der Waals surface area (Å²) in [6.07, 6.45) is 4.04. The first-order chi connectivity index (χ1) is 6.25. The van der Waals surface area contributed by atoms with Crippen molar-refractivity contribution in [2.24, 2.45) is 0 Å². The van der Waals surface area contributed by atoms with Crippen LogP contribution in [0.3, 0.4) is 0 Å². The monoisotopic (exact) mass is 185 g/mol. The quantitative estimate of drug-likeness (QED) is 0.677. The van der Waals surface area contributed by atoms with Crippen LogP contribution >= 0.6 is 0 Å². The molecule has 0 amide bonds. The minimum atomic E-state index is -0.381. The summed E-state index contributed by atoms with van der Waals surface area (Å²) >= 11 is 0. The minimum Gasteiger partial charge on any atom is -0.465 e. The van der Waals surface area contributed by atoms with Crippen molar-refractivity contribution in [1.82, 2.24) is 5.32 Å². The number of carbonyl (C=O) groups is 1. The summed E-state index contributed by atoms with van der Waals surface area (Å²) in [7, 11) is 0. The van der Waals surface area contributed by atoms with E-state index >= 15 is 0 Å². The molecule has 0 aliphatic carbocycles. The molecule has 1 N–H and O–H groups in total. The van der Waals surface area contributed by atoms with E-state index in [0.717, 1.165) is 25.8 Å². The smallest absolute Gasteiger partial charge is 0.326 e. The predicted octanol–water partition coefficient (Wildman–Crippen LogP) is 1.47. The van der Waals surface area contributed by atoms with Gasteiger partial charge >= 0.3 is 5.97 Å². The van der Waals surface area contributed by atoms with Crippen molar-refractivity contribution in [3.63, 3.8) is 0 Å². The Kier molecular flexibility index (Phi) is 3.72. The van der Waals surface area contributed by atoms with Gasteiger partial charge in [0.1, 0.15) is 5.54 Å². The van der Waals surface area contributed by atoms with Crippen molar-refractivity contribution in [3.05, 3.63) is 0 Å². The second kappa shape index (κ2) is 4.61. The summed E-state index contributed by atoms with van der Waals surface area (Å²) in [6, 6.07) is 0. The number of carbonyl (C=O) groups excluding carboxylic acids is 1. The summed E-state index contributed by atoms with van der Waals surface area (Å²) in [5.74, 6) is -0.0720. The molecule has 1 aliphatic heterocycles. The van der Waals surface area contributed by atoms with Gasteiger partial charge in [-0.3, -0.25) is 4.79 Å². The highest BCUT2D eigenvalue weighted by molar-refractivity contribution is 5.80. The van der Waals surface area contributed by atoms with Gasteiger partial charge in [0, 0.05) is 0 Å². The number of rotatable bonds is 3. The predicted molar refractivity (Wildman–Crippen MR) is 51.5 cm³/mol. The molecule has 3 nitrogen and oxygen atoms in total. The van der Waals surface area contributed by atoms with E-state index in [2.05, 4.69) is 5.32 Å². The zero-order valence-corrected chi connectivity index (χ0v) is 8.56. The normalized spacial score (nSPS) is 28.5. The van der Waals surface area contributed by atoms with Crippen LogP contribution in [-0.2, 0) is 9.53 Å². The van der Waals surface area contributed by atoms with Crippen molar-refractivity contribution in [2.75, 3.05) is 13.2 Å². The topological polar surface area (TPSA) is 38.3 Å². The standard InChI is InChI=1S/C10H19NO2/c1-3-10(9(12)13-4-2)7-5-6-8-11-10/h11H,3-8H2,1-2H3. The van der Waals surface area contributed by atoms with E-state index in [9.17, 15) is 4.79 Å². The molecule has 0 bridgehead atoms. The fourth-order valence-electron chi connectivity index (χ4n) is 1.86. The number of esters is 1. The maximum absolute atomic E-state index is 11.7. The lowest BCUT2D eigenvalue weighted by atomic mass is 9.86. The third-order valence-electron chi connectivity index (χ3n) is 2.76. The lowest BCUT2D eigenvalue weighted by molar-refractivity contribution is -0.152. The Bertz CT molecular complexity index is 174. The summed E-state index contributed by atoms with van der Waals surface area (Å²) in [4.78, 5) is 11.7. The molecule has 1 atom stereocenters. The average molecular weight is 185 g/mol. The minimum absolute atomic E-state index is 0.0720.